The molecule has 0 saturated heterocycles. The Morgan fingerprint density at radius 2 is 1.74 bits per heavy atom. The van der Waals surface area contributed by atoms with Crippen molar-refractivity contribution in [1.29, 1.82) is 0 Å². The number of rotatable bonds is 4. The lowest BCUT2D eigenvalue weighted by Gasteiger charge is -2.17. The van der Waals surface area contributed by atoms with E-state index in [0.29, 0.717) is 5.75 Å². The summed E-state index contributed by atoms with van der Waals surface area (Å²) in [6, 6.07) is 14.1. The molecule has 1 amide bonds. The summed E-state index contributed by atoms with van der Waals surface area (Å²) >= 11 is 6.21. The standard InChI is InChI=1S/C23H22ClNO2/c1-13-11-18(12-14(2)22(13)24)27-15(3)23(26)25-20-10-9-17-8-7-16-5-4-6-19(20)21(16)17/h4-6,9-12,15H,7-8H2,1-3H3,(H,25,26)/t15-/m1/s1. The average molecular weight is 380 g/mol. The van der Waals surface area contributed by atoms with Crippen LogP contribution in [-0.4, -0.2) is 12.0 Å². The van der Waals surface area contributed by atoms with Crippen molar-refractivity contribution < 1.29 is 9.53 Å². The molecule has 138 valence electrons. The van der Waals surface area contributed by atoms with Gasteiger partial charge in [0.25, 0.3) is 5.91 Å². The van der Waals surface area contributed by atoms with E-state index in [9.17, 15) is 4.79 Å². The number of carbonyl (C=O) groups is 1. The number of aryl methyl sites for hydroxylation is 4. The van der Waals surface area contributed by atoms with E-state index in [2.05, 4.69) is 29.6 Å². The van der Waals surface area contributed by atoms with Crippen molar-refractivity contribution in [3.63, 3.8) is 0 Å². The Morgan fingerprint density at radius 1 is 1.07 bits per heavy atom. The summed E-state index contributed by atoms with van der Waals surface area (Å²) in [7, 11) is 0. The number of benzene rings is 3. The highest BCUT2D eigenvalue weighted by molar-refractivity contribution is 6.32. The molecule has 1 aliphatic carbocycles. The van der Waals surface area contributed by atoms with Crippen molar-refractivity contribution in [1.82, 2.24) is 0 Å². The first kappa shape index (κ1) is 17.9. The summed E-state index contributed by atoms with van der Waals surface area (Å²) in [6.45, 7) is 5.62. The second kappa shape index (κ2) is 6.90. The number of amides is 1. The molecule has 0 spiro atoms. The SMILES string of the molecule is Cc1cc(O[C@H](C)C(=O)Nc2ccc3c4c(cccc24)CC3)cc(C)c1Cl. The summed E-state index contributed by atoms with van der Waals surface area (Å²) in [5.41, 5.74) is 5.42. The largest absolute Gasteiger partial charge is 0.481 e. The zero-order valence-electron chi connectivity index (χ0n) is 15.7. The second-order valence-corrected chi connectivity index (χ2v) is 7.61. The molecule has 0 unspecified atom stereocenters. The van der Waals surface area contributed by atoms with E-state index in [0.717, 1.165) is 40.1 Å². The number of hydrogen-bond donors (Lipinski definition) is 1. The Labute approximate surface area is 164 Å². The van der Waals surface area contributed by atoms with Crippen molar-refractivity contribution in [2.45, 2.75) is 39.7 Å². The van der Waals surface area contributed by atoms with Crippen LogP contribution in [0.5, 0.6) is 5.75 Å². The first-order valence-electron chi connectivity index (χ1n) is 9.22. The summed E-state index contributed by atoms with van der Waals surface area (Å²) in [5.74, 6) is 0.483. The van der Waals surface area contributed by atoms with Crippen molar-refractivity contribution in [2.24, 2.45) is 0 Å². The van der Waals surface area contributed by atoms with Crippen LogP contribution in [0.2, 0.25) is 5.02 Å². The molecule has 0 radical (unpaired) electrons. The fraction of sp³-hybridized carbons (Fsp3) is 0.261. The molecule has 0 fully saturated rings. The summed E-state index contributed by atoms with van der Waals surface area (Å²) < 4.78 is 5.87. The van der Waals surface area contributed by atoms with Gasteiger partial charge in [0.15, 0.2) is 6.10 Å². The van der Waals surface area contributed by atoms with Crippen LogP contribution in [0.25, 0.3) is 10.8 Å². The first-order valence-corrected chi connectivity index (χ1v) is 9.59. The molecule has 3 aromatic rings. The molecule has 0 bridgehead atoms. The average Bonchev–Trinajstić information content (AvgIpc) is 3.06. The van der Waals surface area contributed by atoms with Crippen LogP contribution in [-0.2, 0) is 17.6 Å². The molecule has 3 aromatic carbocycles. The van der Waals surface area contributed by atoms with Gasteiger partial charge in [0.1, 0.15) is 5.75 Å². The van der Waals surface area contributed by atoms with E-state index in [1.807, 2.05) is 32.0 Å². The number of halogens is 1. The van der Waals surface area contributed by atoms with Crippen LogP contribution in [0.15, 0.2) is 42.5 Å². The molecule has 27 heavy (non-hydrogen) atoms. The molecular formula is C23H22ClNO2. The van der Waals surface area contributed by atoms with E-state index in [-0.39, 0.29) is 5.91 Å². The Balaban J connectivity index is 1.55. The molecule has 0 saturated carbocycles. The smallest absolute Gasteiger partial charge is 0.265 e. The number of nitrogens with one attached hydrogen (secondary N) is 1. The van der Waals surface area contributed by atoms with Gasteiger partial charge in [0.05, 0.1) is 0 Å². The molecular weight excluding hydrogens is 358 g/mol. The third-order valence-electron chi connectivity index (χ3n) is 5.23. The molecule has 1 N–H and O–H groups in total. The minimum Gasteiger partial charge on any atom is -0.481 e. The summed E-state index contributed by atoms with van der Waals surface area (Å²) in [5, 5.41) is 6.15. The molecule has 0 heterocycles. The number of carbonyl (C=O) groups excluding carboxylic acids is 1. The van der Waals surface area contributed by atoms with Gasteiger partial charge in [0.2, 0.25) is 0 Å². The maximum absolute atomic E-state index is 12.7. The molecule has 3 nitrogen and oxygen atoms in total. The monoisotopic (exact) mass is 379 g/mol. The van der Waals surface area contributed by atoms with Crippen LogP contribution in [0.4, 0.5) is 5.69 Å². The van der Waals surface area contributed by atoms with E-state index in [1.165, 1.54) is 16.5 Å². The molecule has 0 aromatic heterocycles. The van der Waals surface area contributed by atoms with Gasteiger partial charge in [-0.1, -0.05) is 35.9 Å². The van der Waals surface area contributed by atoms with Gasteiger partial charge in [-0.25, -0.2) is 0 Å². The summed E-state index contributed by atoms with van der Waals surface area (Å²) in [6.07, 6.45) is 1.52. The normalized spacial score (nSPS) is 13.6. The van der Waals surface area contributed by atoms with Crippen molar-refractivity contribution >= 4 is 34.0 Å². The quantitative estimate of drug-likeness (QED) is 0.639. The van der Waals surface area contributed by atoms with Crippen LogP contribution < -0.4 is 10.1 Å². The Kier molecular flexibility index (Phi) is 4.56. The van der Waals surface area contributed by atoms with Crippen molar-refractivity contribution in [3.05, 3.63) is 69.7 Å². The van der Waals surface area contributed by atoms with Crippen LogP contribution in [0.1, 0.15) is 29.2 Å². The second-order valence-electron chi connectivity index (χ2n) is 7.23. The number of hydrogen-bond acceptors (Lipinski definition) is 2. The van der Waals surface area contributed by atoms with Gasteiger partial charge in [0, 0.05) is 16.1 Å². The number of anilines is 1. The predicted molar refractivity (Wildman–Crippen MR) is 111 cm³/mol. The van der Waals surface area contributed by atoms with E-state index >= 15 is 0 Å². The van der Waals surface area contributed by atoms with Gasteiger partial charge >= 0.3 is 0 Å². The predicted octanol–water partition coefficient (Wildman–Crippen LogP) is 5.61. The van der Waals surface area contributed by atoms with E-state index in [4.69, 9.17) is 16.3 Å². The molecule has 0 aliphatic heterocycles. The maximum atomic E-state index is 12.7. The Morgan fingerprint density at radius 3 is 2.44 bits per heavy atom. The molecule has 4 heteroatoms. The first-order chi connectivity index (χ1) is 12.9. The Bertz CT molecular complexity index is 1020. The third kappa shape index (κ3) is 3.28. The van der Waals surface area contributed by atoms with Crippen molar-refractivity contribution in [2.75, 3.05) is 5.32 Å². The topological polar surface area (TPSA) is 38.3 Å². The lowest BCUT2D eigenvalue weighted by molar-refractivity contribution is -0.122. The highest BCUT2D eigenvalue weighted by atomic mass is 35.5. The van der Waals surface area contributed by atoms with Crippen LogP contribution in [0, 0.1) is 13.8 Å². The molecule has 1 atom stereocenters. The van der Waals surface area contributed by atoms with E-state index in [1.54, 1.807) is 6.92 Å². The lowest BCUT2D eigenvalue weighted by Crippen LogP contribution is -2.30. The van der Waals surface area contributed by atoms with Crippen LogP contribution in [0.3, 0.4) is 0 Å². The van der Waals surface area contributed by atoms with Crippen LogP contribution >= 0.6 is 11.6 Å². The fourth-order valence-electron chi connectivity index (χ4n) is 3.82. The minimum absolute atomic E-state index is 0.168. The lowest BCUT2D eigenvalue weighted by atomic mass is 10.0. The Hall–Kier alpha value is -2.52. The van der Waals surface area contributed by atoms with Gasteiger partial charge in [-0.2, -0.15) is 0 Å². The highest BCUT2D eigenvalue weighted by Crippen LogP contribution is 2.35. The minimum atomic E-state index is -0.618. The maximum Gasteiger partial charge on any atom is 0.265 e. The van der Waals surface area contributed by atoms with Gasteiger partial charge in [-0.15, -0.1) is 0 Å². The van der Waals surface area contributed by atoms with Gasteiger partial charge in [-0.3, -0.25) is 4.79 Å². The molecule has 1 aliphatic rings. The van der Waals surface area contributed by atoms with Gasteiger partial charge in [-0.05, 0) is 79.5 Å². The number of ether oxygens (including phenoxy) is 1. The zero-order chi connectivity index (χ0) is 19.1. The third-order valence-corrected chi connectivity index (χ3v) is 5.82. The summed E-state index contributed by atoms with van der Waals surface area (Å²) in [4.78, 5) is 12.7. The molecule has 4 rings (SSSR count). The fourth-order valence-corrected chi connectivity index (χ4v) is 3.93. The van der Waals surface area contributed by atoms with Crippen molar-refractivity contribution in [3.8, 4) is 5.75 Å². The highest BCUT2D eigenvalue weighted by Gasteiger charge is 2.20. The van der Waals surface area contributed by atoms with E-state index < -0.39 is 6.10 Å². The van der Waals surface area contributed by atoms with Gasteiger partial charge < -0.3 is 10.1 Å². The zero-order valence-corrected chi connectivity index (χ0v) is 16.5.